The number of nitrogens with zero attached hydrogens (tertiary/aromatic N) is 1. The van der Waals surface area contributed by atoms with Crippen LogP contribution in [0.2, 0.25) is 10.0 Å². The highest BCUT2D eigenvalue weighted by Gasteiger charge is 2.25. The number of halogens is 4. The van der Waals surface area contributed by atoms with Gasteiger partial charge in [0.15, 0.2) is 0 Å². The standard InChI is InChI=1S/C15H16Cl2N2S.2ClH/c16-12-4-3-11(10-13(12)17)15(14-2-1-9-20-14)19-7-5-18-6-8-19;;/h1-4,9-10,15,18H,5-8H2;2*1H/t15-;;/m0../s1. The van der Waals surface area contributed by atoms with Gasteiger partial charge in [-0.1, -0.05) is 35.3 Å². The Kier molecular flexibility index (Phi) is 8.50. The molecular weight excluding hydrogens is 382 g/mol. The second-order valence-electron chi connectivity index (χ2n) is 4.88. The van der Waals surface area contributed by atoms with E-state index in [2.05, 4.69) is 33.8 Å². The second kappa shape index (κ2) is 9.33. The number of benzene rings is 1. The molecule has 0 saturated carbocycles. The van der Waals surface area contributed by atoms with Crippen molar-refractivity contribution in [1.29, 1.82) is 0 Å². The normalized spacial score (nSPS) is 16.5. The van der Waals surface area contributed by atoms with Crippen molar-refractivity contribution in [2.45, 2.75) is 6.04 Å². The Morgan fingerprint density at radius 1 is 1.05 bits per heavy atom. The van der Waals surface area contributed by atoms with Crippen molar-refractivity contribution < 1.29 is 0 Å². The SMILES string of the molecule is Cl.Cl.Clc1ccc([C@@H](c2cccs2)N2CCNCC2)cc1Cl. The van der Waals surface area contributed by atoms with Crippen LogP contribution in [0.1, 0.15) is 16.5 Å². The molecule has 0 aliphatic carbocycles. The summed E-state index contributed by atoms with van der Waals surface area (Å²) in [4.78, 5) is 3.85. The Balaban J connectivity index is 0.00000121. The molecule has 1 aliphatic rings. The molecule has 22 heavy (non-hydrogen) atoms. The summed E-state index contributed by atoms with van der Waals surface area (Å²) in [6, 6.07) is 10.5. The molecule has 1 aromatic heterocycles. The summed E-state index contributed by atoms with van der Waals surface area (Å²) in [7, 11) is 0. The van der Waals surface area contributed by atoms with E-state index < -0.39 is 0 Å². The molecule has 0 bridgehead atoms. The van der Waals surface area contributed by atoms with Crippen LogP contribution < -0.4 is 5.32 Å². The van der Waals surface area contributed by atoms with Crippen LogP contribution in [-0.4, -0.2) is 31.1 Å². The summed E-state index contributed by atoms with van der Waals surface area (Å²) >= 11 is 14.0. The fraction of sp³-hybridized carbons (Fsp3) is 0.333. The lowest BCUT2D eigenvalue weighted by Crippen LogP contribution is -2.45. The number of hydrogen-bond acceptors (Lipinski definition) is 3. The molecule has 7 heteroatoms. The van der Waals surface area contributed by atoms with Gasteiger partial charge in [-0.25, -0.2) is 0 Å². The highest BCUT2D eigenvalue weighted by atomic mass is 35.5. The molecule has 3 rings (SSSR count). The van der Waals surface area contributed by atoms with E-state index in [1.807, 2.05) is 12.1 Å². The molecule has 1 atom stereocenters. The van der Waals surface area contributed by atoms with Crippen molar-refractivity contribution in [3.63, 3.8) is 0 Å². The molecule has 2 nitrogen and oxygen atoms in total. The van der Waals surface area contributed by atoms with Gasteiger partial charge in [-0.15, -0.1) is 36.2 Å². The van der Waals surface area contributed by atoms with E-state index in [1.54, 1.807) is 11.3 Å². The van der Waals surface area contributed by atoms with E-state index in [0.717, 1.165) is 26.2 Å². The number of piperazine rings is 1. The van der Waals surface area contributed by atoms with Crippen molar-refractivity contribution in [3.05, 3.63) is 56.2 Å². The maximum atomic E-state index is 6.20. The molecule has 122 valence electrons. The van der Waals surface area contributed by atoms with E-state index >= 15 is 0 Å². The molecule has 1 aliphatic heterocycles. The maximum Gasteiger partial charge on any atom is 0.0697 e. The lowest BCUT2D eigenvalue weighted by Gasteiger charge is -2.34. The molecule has 1 N–H and O–H groups in total. The Morgan fingerprint density at radius 3 is 2.36 bits per heavy atom. The van der Waals surface area contributed by atoms with Gasteiger partial charge in [0.1, 0.15) is 0 Å². The molecule has 2 aromatic rings. The first-order chi connectivity index (χ1) is 9.75. The Bertz CT molecular complexity index is 571. The van der Waals surface area contributed by atoms with Crippen molar-refractivity contribution in [2.75, 3.05) is 26.2 Å². The van der Waals surface area contributed by atoms with Gasteiger partial charge in [0.2, 0.25) is 0 Å². The molecule has 1 aromatic carbocycles. The van der Waals surface area contributed by atoms with Gasteiger partial charge in [0.05, 0.1) is 16.1 Å². The maximum absolute atomic E-state index is 6.20. The molecule has 0 spiro atoms. The highest BCUT2D eigenvalue weighted by molar-refractivity contribution is 7.10. The average molecular weight is 400 g/mol. The Labute approximate surface area is 157 Å². The van der Waals surface area contributed by atoms with Gasteiger partial charge in [0.25, 0.3) is 0 Å². The Hall–Kier alpha value is -0.000000000000000167. The minimum absolute atomic E-state index is 0. The first kappa shape index (κ1) is 20.0. The van der Waals surface area contributed by atoms with E-state index in [1.165, 1.54) is 10.4 Å². The zero-order chi connectivity index (χ0) is 13.9. The summed E-state index contributed by atoms with van der Waals surface area (Å²) < 4.78 is 0. The third-order valence-electron chi connectivity index (χ3n) is 3.59. The van der Waals surface area contributed by atoms with Gasteiger partial charge in [-0.3, -0.25) is 4.90 Å². The molecule has 1 fully saturated rings. The monoisotopic (exact) mass is 398 g/mol. The second-order valence-corrected chi connectivity index (χ2v) is 6.67. The van der Waals surface area contributed by atoms with Crippen LogP contribution >= 0.6 is 59.4 Å². The molecule has 0 unspecified atom stereocenters. The largest absolute Gasteiger partial charge is 0.314 e. The van der Waals surface area contributed by atoms with Crippen LogP contribution in [-0.2, 0) is 0 Å². The first-order valence-electron chi connectivity index (χ1n) is 6.69. The number of nitrogens with one attached hydrogen (secondary N) is 1. The fourth-order valence-corrected chi connectivity index (χ4v) is 3.82. The highest BCUT2D eigenvalue weighted by Crippen LogP contribution is 2.34. The summed E-state index contributed by atoms with van der Waals surface area (Å²) in [5.41, 5.74) is 1.21. The van der Waals surface area contributed by atoms with Gasteiger partial charge in [-0.2, -0.15) is 0 Å². The smallest absolute Gasteiger partial charge is 0.0697 e. The minimum Gasteiger partial charge on any atom is -0.314 e. The van der Waals surface area contributed by atoms with E-state index in [9.17, 15) is 0 Å². The lowest BCUT2D eigenvalue weighted by molar-refractivity contribution is 0.200. The first-order valence-corrected chi connectivity index (χ1v) is 8.32. The van der Waals surface area contributed by atoms with Crippen molar-refractivity contribution in [3.8, 4) is 0 Å². The predicted molar refractivity (Wildman–Crippen MR) is 102 cm³/mol. The quantitative estimate of drug-likeness (QED) is 0.789. The van der Waals surface area contributed by atoms with Crippen molar-refractivity contribution in [1.82, 2.24) is 10.2 Å². The summed E-state index contributed by atoms with van der Waals surface area (Å²) in [5.74, 6) is 0. The van der Waals surface area contributed by atoms with E-state index in [4.69, 9.17) is 23.2 Å². The van der Waals surface area contributed by atoms with Crippen LogP contribution in [0.4, 0.5) is 0 Å². The van der Waals surface area contributed by atoms with Crippen LogP contribution in [0.25, 0.3) is 0 Å². The summed E-state index contributed by atoms with van der Waals surface area (Å²) in [5, 5.41) is 6.77. The van der Waals surface area contributed by atoms with Crippen LogP contribution in [0.3, 0.4) is 0 Å². The predicted octanol–water partition coefficient (Wildman–Crippen LogP) is 4.89. The lowest BCUT2D eigenvalue weighted by atomic mass is 10.0. The van der Waals surface area contributed by atoms with Crippen molar-refractivity contribution >= 4 is 59.4 Å². The number of rotatable bonds is 3. The molecule has 1 saturated heterocycles. The summed E-state index contributed by atoms with van der Waals surface area (Å²) in [6.07, 6.45) is 0. The van der Waals surface area contributed by atoms with E-state index in [0.29, 0.717) is 10.0 Å². The van der Waals surface area contributed by atoms with E-state index in [-0.39, 0.29) is 30.9 Å². The van der Waals surface area contributed by atoms with Gasteiger partial charge in [0, 0.05) is 31.1 Å². The third kappa shape index (κ3) is 4.51. The topological polar surface area (TPSA) is 15.3 Å². The van der Waals surface area contributed by atoms with Crippen LogP contribution in [0.15, 0.2) is 35.7 Å². The van der Waals surface area contributed by atoms with Gasteiger partial charge < -0.3 is 5.32 Å². The zero-order valence-electron chi connectivity index (χ0n) is 11.8. The van der Waals surface area contributed by atoms with Crippen LogP contribution in [0, 0.1) is 0 Å². The molecule has 0 radical (unpaired) electrons. The van der Waals surface area contributed by atoms with Gasteiger partial charge in [-0.05, 0) is 29.1 Å². The Morgan fingerprint density at radius 2 is 1.77 bits per heavy atom. The molecule has 0 amide bonds. The minimum atomic E-state index is 0. The average Bonchev–Trinajstić information content (AvgIpc) is 2.98. The third-order valence-corrected chi connectivity index (χ3v) is 5.25. The van der Waals surface area contributed by atoms with Crippen molar-refractivity contribution in [2.24, 2.45) is 0 Å². The van der Waals surface area contributed by atoms with Crippen LogP contribution in [0.5, 0.6) is 0 Å². The molecular formula is C15H18Cl4N2S. The fourth-order valence-electron chi connectivity index (χ4n) is 2.62. The number of thiophene rings is 1. The number of hydrogen-bond donors (Lipinski definition) is 1. The molecule has 2 heterocycles. The summed E-state index contributed by atoms with van der Waals surface area (Å²) in [6.45, 7) is 4.15. The van der Waals surface area contributed by atoms with Gasteiger partial charge >= 0.3 is 0 Å². The zero-order valence-corrected chi connectivity index (χ0v) is 15.8.